The first kappa shape index (κ1) is 12.8. The normalized spacial score (nSPS) is 12.4. The topological polar surface area (TPSA) is 51.0 Å². The first-order valence-corrected chi connectivity index (χ1v) is 6.00. The molecule has 0 bridgehead atoms. The van der Waals surface area contributed by atoms with Crippen molar-refractivity contribution in [3.63, 3.8) is 0 Å². The molecular weight excluding hydrogens is 257 g/mol. The van der Waals surface area contributed by atoms with Crippen molar-refractivity contribution in [3.8, 4) is 0 Å². The zero-order chi connectivity index (χ0) is 13.0. The Morgan fingerprint density at radius 1 is 1.56 bits per heavy atom. The highest BCUT2D eigenvalue weighted by Gasteiger charge is 2.10. The van der Waals surface area contributed by atoms with E-state index in [4.69, 9.17) is 16.0 Å². The number of hydrogen-bond donors (Lipinski definition) is 1. The summed E-state index contributed by atoms with van der Waals surface area (Å²) in [6, 6.07) is 3.81. The maximum absolute atomic E-state index is 13.4. The summed E-state index contributed by atoms with van der Waals surface area (Å²) in [7, 11) is 0. The molecule has 0 spiro atoms. The lowest BCUT2D eigenvalue weighted by molar-refractivity contribution is 0.494. The molecule has 1 atom stereocenters. The number of anilines is 1. The van der Waals surface area contributed by atoms with Gasteiger partial charge in [-0.3, -0.25) is 0 Å². The molecule has 6 heteroatoms. The van der Waals surface area contributed by atoms with Gasteiger partial charge in [-0.2, -0.15) is 4.98 Å². The monoisotopic (exact) mass is 269 g/mol. The first-order chi connectivity index (χ1) is 8.65. The van der Waals surface area contributed by atoms with Gasteiger partial charge in [-0.15, -0.1) is 0 Å². The maximum atomic E-state index is 13.4. The lowest BCUT2D eigenvalue weighted by atomic mass is 10.1. The van der Waals surface area contributed by atoms with Gasteiger partial charge >= 0.3 is 0 Å². The second kappa shape index (κ2) is 5.82. The zero-order valence-electron chi connectivity index (χ0n) is 9.86. The summed E-state index contributed by atoms with van der Waals surface area (Å²) in [5.74, 6) is 0.524. The highest BCUT2D eigenvalue weighted by molar-refractivity contribution is 6.28. The van der Waals surface area contributed by atoms with Crippen LogP contribution >= 0.6 is 11.6 Å². The molecule has 4 nitrogen and oxygen atoms in total. The van der Waals surface area contributed by atoms with E-state index in [1.165, 1.54) is 0 Å². The van der Waals surface area contributed by atoms with Gasteiger partial charge in [0, 0.05) is 12.5 Å². The SMILES string of the molecule is CC(CCc1ccco1)Nc1nc(Cl)ncc1F. The second-order valence-electron chi connectivity index (χ2n) is 4.00. The van der Waals surface area contributed by atoms with Gasteiger partial charge < -0.3 is 9.73 Å². The van der Waals surface area contributed by atoms with Gasteiger partial charge in [-0.25, -0.2) is 9.37 Å². The largest absolute Gasteiger partial charge is 0.469 e. The molecule has 2 aromatic heterocycles. The lowest BCUT2D eigenvalue weighted by Crippen LogP contribution is -2.18. The molecule has 0 aromatic carbocycles. The maximum Gasteiger partial charge on any atom is 0.224 e. The minimum Gasteiger partial charge on any atom is -0.469 e. The molecule has 0 amide bonds. The second-order valence-corrected chi connectivity index (χ2v) is 4.34. The number of aromatic nitrogens is 2. The van der Waals surface area contributed by atoms with Crippen molar-refractivity contribution in [2.45, 2.75) is 25.8 Å². The highest BCUT2D eigenvalue weighted by Crippen LogP contribution is 2.15. The highest BCUT2D eigenvalue weighted by atomic mass is 35.5. The molecule has 96 valence electrons. The van der Waals surface area contributed by atoms with Crippen molar-refractivity contribution >= 4 is 17.4 Å². The molecule has 1 unspecified atom stereocenters. The van der Waals surface area contributed by atoms with Gasteiger partial charge in [-0.1, -0.05) is 0 Å². The molecule has 0 radical (unpaired) electrons. The molecule has 0 fully saturated rings. The third-order valence-electron chi connectivity index (χ3n) is 2.50. The van der Waals surface area contributed by atoms with E-state index in [-0.39, 0.29) is 17.1 Å². The van der Waals surface area contributed by atoms with Gasteiger partial charge in [0.1, 0.15) is 5.76 Å². The fraction of sp³-hybridized carbons (Fsp3) is 0.333. The average molecular weight is 270 g/mol. The fourth-order valence-corrected chi connectivity index (χ4v) is 1.70. The Morgan fingerprint density at radius 3 is 3.11 bits per heavy atom. The van der Waals surface area contributed by atoms with Crippen LogP contribution in [0.5, 0.6) is 0 Å². The quantitative estimate of drug-likeness (QED) is 0.846. The van der Waals surface area contributed by atoms with Gasteiger partial charge in [-0.05, 0) is 37.1 Å². The van der Waals surface area contributed by atoms with Crippen LogP contribution < -0.4 is 5.32 Å². The molecule has 0 aliphatic carbocycles. The summed E-state index contributed by atoms with van der Waals surface area (Å²) >= 11 is 5.61. The average Bonchev–Trinajstić information content (AvgIpc) is 2.84. The smallest absolute Gasteiger partial charge is 0.224 e. The number of nitrogens with zero attached hydrogens (tertiary/aromatic N) is 2. The van der Waals surface area contributed by atoms with Gasteiger partial charge in [0.05, 0.1) is 12.5 Å². The summed E-state index contributed by atoms with van der Waals surface area (Å²) < 4.78 is 18.6. The van der Waals surface area contributed by atoms with Crippen LogP contribution in [0.15, 0.2) is 29.0 Å². The van der Waals surface area contributed by atoms with E-state index in [9.17, 15) is 4.39 Å². The lowest BCUT2D eigenvalue weighted by Gasteiger charge is -2.14. The fourth-order valence-electron chi connectivity index (χ4n) is 1.57. The summed E-state index contributed by atoms with van der Waals surface area (Å²) in [5.41, 5.74) is 0. The van der Waals surface area contributed by atoms with E-state index < -0.39 is 5.82 Å². The van der Waals surface area contributed by atoms with Crippen LogP contribution in [-0.4, -0.2) is 16.0 Å². The molecule has 18 heavy (non-hydrogen) atoms. The number of halogens is 2. The van der Waals surface area contributed by atoms with Crippen LogP contribution in [0.4, 0.5) is 10.2 Å². The van der Waals surface area contributed by atoms with Crippen LogP contribution in [0, 0.1) is 5.82 Å². The molecule has 2 rings (SSSR count). The Balaban J connectivity index is 1.90. The molecule has 0 saturated carbocycles. The summed E-state index contributed by atoms with van der Waals surface area (Å²) in [5, 5.41) is 2.99. The summed E-state index contributed by atoms with van der Waals surface area (Å²) in [6.45, 7) is 1.94. The Bertz CT molecular complexity index is 504. The van der Waals surface area contributed by atoms with E-state index >= 15 is 0 Å². The summed E-state index contributed by atoms with van der Waals surface area (Å²) in [6.07, 6.45) is 4.27. The zero-order valence-corrected chi connectivity index (χ0v) is 10.6. The minimum atomic E-state index is -0.510. The molecular formula is C12H13ClFN3O. The van der Waals surface area contributed by atoms with Crippen molar-refractivity contribution < 1.29 is 8.81 Å². The van der Waals surface area contributed by atoms with E-state index in [0.717, 1.165) is 24.8 Å². The molecule has 0 aliphatic rings. The molecule has 2 heterocycles. The number of aryl methyl sites for hydroxylation is 1. The number of rotatable bonds is 5. The summed E-state index contributed by atoms with van der Waals surface area (Å²) in [4.78, 5) is 7.36. The Kier molecular flexibility index (Phi) is 4.15. The van der Waals surface area contributed by atoms with Crippen molar-refractivity contribution in [3.05, 3.63) is 41.5 Å². The van der Waals surface area contributed by atoms with Crippen LogP contribution in [-0.2, 0) is 6.42 Å². The standard InChI is InChI=1S/C12H13ClFN3O/c1-8(4-5-9-3-2-6-18-9)16-11-10(14)7-15-12(13)17-11/h2-3,6-8H,4-5H2,1H3,(H,15,16,17). The van der Waals surface area contributed by atoms with Crippen molar-refractivity contribution in [1.29, 1.82) is 0 Å². The van der Waals surface area contributed by atoms with Gasteiger partial charge in [0.25, 0.3) is 0 Å². The number of furan rings is 1. The number of hydrogen-bond acceptors (Lipinski definition) is 4. The van der Waals surface area contributed by atoms with Crippen molar-refractivity contribution in [2.24, 2.45) is 0 Å². The van der Waals surface area contributed by atoms with E-state index in [1.807, 2.05) is 19.1 Å². The van der Waals surface area contributed by atoms with Crippen LogP contribution in [0.2, 0.25) is 5.28 Å². The van der Waals surface area contributed by atoms with Crippen LogP contribution in [0.1, 0.15) is 19.1 Å². The predicted molar refractivity (Wildman–Crippen MR) is 67.1 cm³/mol. The van der Waals surface area contributed by atoms with E-state index in [2.05, 4.69) is 15.3 Å². The predicted octanol–water partition coefficient (Wildman–Crippen LogP) is 3.30. The van der Waals surface area contributed by atoms with Gasteiger partial charge in [0.2, 0.25) is 5.28 Å². The minimum absolute atomic E-state index is 0.0251. The molecule has 2 aromatic rings. The van der Waals surface area contributed by atoms with Crippen LogP contribution in [0.3, 0.4) is 0 Å². The Morgan fingerprint density at radius 2 is 2.39 bits per heavy atom. The first-order valence-electron chi connectivity index (χ1n) is 5.62. The van der Waals surface area contributed by atoms with E-state index in [0.29, 0.717) is 0 Å². The third-order valence-corrected chi connectivity index (χ3v) is 2.68. The Labute approximate surface area is 109 Å². The van der Waals surface area contributed by atoms with Crippen molar-refractivity contribution in [2.75, 3.05) is 5.32 Å². The molecule has 0 aliphatic heterocycles. The van der Waals surface area contributed by atoms with Gasteiger partial charge in [0.15, 0.2) is 11.6 Å². The van der Waals surface area contributed by atoms with Crippen molar-refractivity contribution in [1.82, 2.24) is 9.97 Å². The Hall–Kier alpha value is -1.62. The molecule has 0 saturated heterocycles. The number of nitrogens with one attached hydrogen (secondary N) is 1. The third kappa shape index (κ3) is 3.43. The van der Waals surface area contributed by atoms with E-state index in [1.54, 1.807) is 6.26 Å². The van der Waals surface area contributed by atoms with Crippen LogP contribution in [0.25, 0.3) is 0 Å². The molecule has 1 N–H and O–H groups in total.